The van der Waals surface area contributed by atoms with Crippen LogP contribution in [0.1, 0.15) is 34.7 Å². The molecule has 0 aliphatic carbocycles. The molecule has 6 nitrogen and oxygen atoms in total. The summed E-state index contributed by atoms with van der Waals surface area (Å²) in [5.74, 6) is -1.36. The lowest BCUT2D eigenvalue weighted by Gasteiger charge is -2.26. The van der Waals surface area contributed by atoms with E-state index in [1.165, 1.54) is 0 Å². The zero-order valence-electron chi connectivity index (χ0n) is 17.7. The third kappa shape index (κ3) is 4.14. The van der Waals surface area contributed by atoms with E-state index in [1.54, 1.807) is 41.7 Å². The molecule has 1 aromatic heterocycles. The second-order valence-corrected chi connectivity index (χ2v) is 7.93. The van der Waals surface area contributed by atoms with Crippen molar-refractivity contribution in [3.63, 3.8) is 0 Å². The van der Waals surface area contributed by atoms with E-state index >= 15 is 0 Å². The first-order valence-electron chi connectivity index (χ1n) is 10.3. The van der Waals surface area contributed by atoms with Gasteiger partial charge in [-0.3, -0.25) is 9.59 Å². The zero-order chi connectivity index (χ0) is 22.0. The molecule has 1 saturated heterocycles. The maximum Gasteiger partial charge on any atom is 0.295 e. The first kappa shape index (κ1) is 20.6. The average Bonchev–Trinajstić information content (AvgIpc) is 3.35. The normalized spacial score (nSPS) is 18.0. The minimum Gasteiger partial charge on any atom is -0.507 e. The smallest absolute Gasteiger partial charge is 0.295 e. The number of likely N-dealkylation sites (tertiary alicyclic amines) is 1. The van der Waals surface area contributed by atoms with E-state index in [-0.39, 0.29) is 11.3 Å². The highest BCUT2D eigenvalue weighted by Gasteiger charge is 2.45. The second kappa shape index (κ2) is 8.60. The van der Waals surface area contributed by atoms with Gasteiger partial charge in [-0.25, -0.2) is 4.98 Å². The van der Waals surface area contributed by atoms with Gasteiger partial charge in [-0.05, 0) is 25.8 Å². The highest BCUT2D eigenvalue weighted by atomic mass is 16.3. The van der Waals surface area contributed by atoms with Gasteiger partial charge < -0.3 is 14.6 Å². The van der Waals surface area contributed by atoms with E-state index in [2.05, 4.69) is 4.98 Å². The lowest BCUT2D eigenvalue weighted by atomic mass is 9.93. The summed E-state index contributed by atoms with van der Waals surface area (Å²) in [7, 11) is 0. The van der Waals surface area contributed by atoms with Gasteiger partial charge in [0, 0.05) is 31.0 Å². The van der Waals surface area contributed by atoms with Crippen molar-refractivity contribution in [2.24, 2.45) is 0 Å². The Hall–Kier alpha value is -3.67. The molecule has 1 amide bonds. The molecule has 6 heteroatoms. The molecule has 158 valence electrons. The maximum absolute atomic E-state index is 13.1. The second-order valence-electron chi connectivity index (χ2n) is 7.93. The summed E-state index contributed by atoms with van der Waals surface area (Å²) >= 11 is 0. The number of Topliss-reactive ketones (excluding diaryl/α,β-unsaturated/α-hetero) is 1. The number of benzene rings is 2. The molecule has 1 atom stereocenters. The zero-order valence-corrected chi connectivity index (χ0v) is 17.7. The summed E-state index contributed by atoms with van der Waals surface area (Å²) in [4.78, 5) is 31.7. The van der Waals surface area contributed by atoms with Crippen molar-refractivity contribution in [3.05, 3.63) is 95.1 Å². The molecule has 2 aromatic carbocycles. The third-order valence-corrected chi connectivity index (χ3v) is 5.52. The van der Waals surface area contributed by atoms with E-state index in [4.69, 9.17) is 0 Å². The molecular weight excluding hydrogens is 390 g/mol. The molecule has 1 aliphatic heterocycles. The molecule has 0 bridgehead atoms. The SMILES string of the molecule is Cc1cc(C)cc(C2C(=C(O)c3ccccc3)C(=O)C(=O)N2CCCn2ccnc2)c1. The predicted molar refractivity (Wildman–Crippen MR) is 118 cm³/mol. The van der Waals surface area contributed by atoms with Crippen molar-refractivity contribution < 1.29 is 14.7 Å². The predicted octanol–water partition coefficient (Wildman–Crippen LogP) is 4.01. The van der Waals surface area contributed by atoms with Crippen LogP contribution in [-0.4, -0.2) is 37.8 Å². The Balaban J connectivity index is 1.76. The van der Waals surface area contributed by atoms with Crippen molar-refractivity contribution in [2.75, 3.05) is 6.54 Å². The summed E-state index contributed by atoms with van der Waals surface area (Å²) in [6, 6.07) is 14.3. The monoisotopic (exact) mass is 415 g/mol. The number of aliphatic hydroxyl groups is 1. The number of nitrogens with zero attached hydrogens (tertiary/aromatic N) is 3. The van der Waals surface area contributed by atoms with Crippen LogP contribution >= 0.6 is 0 Å². The highest BCUT2D eigenvalue weighted by Crippen LogP contribution is 2.40. The molecule has 1 N–H and O–H groups in total. The summed E-state index contributed by atoms with van der Waals surface area (Å²) in [6.45, 7) is 5.05. The van der Waals surface area contributed by atoms with E-state index < -0.39 is 17.7 Å². The van der Waals surface area contributed by atoms with Crippen LogP contribution in [0.2, 0.25) is 0 Å². The number of aliphatic hydroxyl groups excluding tert-OH is 1. The molecule has 0 spiro atoms. The molecule has 1 unspecified atom stereocenters. The van der Waals surface area contributed by atoms with Crippen molar-refractivity contribution >= 4 is 17.4 Å². The van der Waals surface area contributed by atoms with Crippen molar-refractivity contribution in [3.8, 4) is 0 Å². The highest BCUT2D eigenvalue weighted by molar-refractivity contribution is 6.46. The van der Waals surface area contributed by atoms with Gasteiger partial charge in [0.2, 0.25) is 0 Å². The number of ketones is 1. The molecular formula is C25H25N3O3. The fourth-order valence-corrected chi connectivity index (χ4v) is 4.22. The lowest BCUT2D eigenvalue weighted by molar-refractivity contribution is -0.139. The molecule has 4 rings (SSSR count). The number of imidazole rings is 1. The number of aryl methyl sites for hydroxylation is 3. The first-order chi connectivity index (χ1) is 15.0. The Morgan fingerprint density at radius 2 is 1.74 bits per heavy atom. The van der Waals surface area contributed by atoms with Gasteiger partial charge in [-0.15, -0.1) is 0 Å². The summed E-state index contributed by atoms with van der Waals surface area (Å²) < 4.78 is 1.94. The molecule has 0 saturated carbocycles. The Morgan fingerprint density at radius 3 is 2.39 bits per heavy atom. The number of aromatic nitrogens is 2. The van der Waals surface area contributed by atoms with Crippen LogP contribution in [0.15, 0.2) is 72.8 Å². The van der Waals surface area contributed by atoms with Crippen LogP contribution < -0.4 is 0 Å². The Kier molecular flexibility index (Phi) is 5.71. The molecule has 3 aromatic rings. The fourth-order valence-electron chi connectivity index (χ4n) is 4.22. The Labute approximate surface area is 181 Å². The number of carbonyl (C=O) groups excluding carboxylic acids is 2. The van der Waals surface area contributed by atoms with E-state index in [1.807, 2.05) is 48.9 Å². The standard InChI is InChI=1S/C25H25N3O3/c1-17-13-18(2)15-20(14-17)22-21(23(29)19-7-4-3-5-8-19)24(30)25(31)28(22)11-6-10-27-12-9-26-16-27/h3-5,7-9,12-16,22,29H,6,10-11H2,1-2H3. The van der Waals surface area contributed by atoms with Gasteiger partial charge in [-0.1, -0.05) is 59.7 Å². The molecule has 0 radical (unpaired) electrons. The number of carbonyl (C=O) groups is 2. The molecule has 1 aliphatic rings. The van der Waals surface area contributed by atoms with Crippen LogP contribution in [0.4, 0.5) is 0 Å². The summed E-state index contributed by atoms with van der Waals surface area (Å²) in [5, 5.41) is 11.0. The van der Waals surface area contributed by atoms with Gasteiger partial charge in [0.25, 0.3) is 11.7 Å². The minimum absolute atomic E-state index is 0.139. The average molecular weight is 415 g/mol. The van der Waals surface area contributed by atoms with Gasteiger partial charge in [0.1, 0.15) is 5.76 Å². The number of hydrogen-bond donors (Lipinski definition) is 1. The van der Waals surface area contributed by atoms with Gasteiger partial charge >= 0.3 is 0 Å². The summed E-state index contributed by atoms with van der Waals surface area (Å²) in [6.07, 6.45) is 5.97. The van der Waals surface area contributed by atoms with Crippen molar-refractivity contribution in [1.82, 2.24) is 14.5 Å². The van der Waals surface area contributed by atoms with E-state index in [9.17, 15) is 14.7 Å². The Bertz CT molecular complexity index is 1110. The summed E-state index contributed by atoms with van der Waals surface area (Å²) in [5.41, 5.74) is 3.58. The fraction of sp³-hybridized carbons (Fsp3) is 0.240. The molecule has 1 fully saturated rings. The van der Waals surface area contributed by atoms with E-state index in [0.717, 1.165) is 16.7 Å². The van der Waals surface area contributed by atoms with Crippen LogP contribution in [0, 0.1) is 13.8 Å². The first-order valence-corrected chi connectivity index (χ1v) is 10.3. The maximum atomic E-state index is 13.1. The van der Waals surface area contributed by atoms with Gasteiger partial charge in [0.15, 0.2) is 0 Å². The van der Waals surface area contributed by atoms with Gasteiger partial charge in [-0.2, -0.15) is 0 Å². The lowest BCUT2D eigenvalue weighted by Crippen LogP contribution is -2.31. The minimum atomic E-state index is -0.645. The Morgan fingerprint density at radius 1 is 1.03 bits per heavy atom. The van der Waals surface area contributed by atoms with Crippen molar-refractivity contribution in [1.29, 1.82) is 0 Å². The molecule has 31 heavy (non-hydrogen) atoms. The van der Waals surface area contributed by atoms with Crippen LogP contribution in [0.5, 0.6) is 0 Å². The van der Waals surface area contributed by atoms with Crippen LogP contribution in [-0.2, 0) is 16.1 Å². The van der Waals surface area contributed by atoms with Crippen LogP contribution in [0.25, 0.3) is 5.76 Å². The quantitative estimate of drug-likeness (QED) is 0.375. The molecule has 2 heterocycles. The number of amides is 1. The van der Waals surface area contributed by atoms with E-state index in [0.29, 0.717) is 25.1 Å². The van der Waals surface area contributed by atoms with Crippen LogP contribution in [0.3, 0.4) is 0 Å². The van der Waals surface area contributed by atoms with Gasteiger partial charge in [0.05, 0.1) is 17.9 Å². The third-order valence-electron chi connectivity index (χ3n) is 5.52. The van der Waals surface area contributed by atoms with Crippen molar-refractivity contribution in [2.45, 2.75) is 32.9 Å². The topological polar surface area (TPSA) is 75.4 Å². The largest absolute Gasteiger partial charge is 0.507 e. The number of rotatable bonds is 6. The number of hydrogen-bond acceptors (Lipinski definition) is 4.